The number of rotatable bonds is 5. The summed E-state index contributed by atoms with van der Waals surface area (Å²) in [4.78, 5) is 0. The molecule has 0 N–H and O–H groups in total. The van der Waals surface area contributed by atoms with E-state index in [9.17, 15) is 0 Å². The van der Waals surface area contributed by atoms with Gasteiger partial charge < -0.3 is 9.31 Å². The lowest BCUT2D eigenvalue weighted by Gasteiger charge is -2.32. The fourth-order valence-corrected chi connectivity index (χ4v) is 7.57. The highest BCUT2D eigenvalue weighted by atomic mass is 16.7. The second kappa shape index (κ2) is 12.1. The summed E-state index contributed by atoms with van der Waals surface area (Å²) in [6, 6.07) is 59.5. The van der Waals surface area contributed by atoms with Crippen LogP contribution in [0.5, 0.6) is 0 Å². The van der Waals surface area contributed by atoms with Gasteiger partial charge in [0.25, 0.3) is 0 Å². The molecule has 1 aliphatic rings. The van der Waals surface area contributed by atoms with Gasteiger partial charge in [-0.1, -0.05) is 152 Å². The smallest absolute Gasteiger partial charge is 0.399 e. The molecule has 2 nitrogen and oxygen atoms in total. The quantitative estimate of drug-likeness (QED) is 0.135. The molecule has 8 aromatic carbocycles. The van der Waals surface area contributed by atoms with Gasteiger partial charge in [0.15, 0.2) is 0 Å². The summed E-state index contributed by atoms with van der Waals surface area (Å²) < 4.78 is 13.1. The molecule has 1 aliphatic heterocycles. The van der Waals surface area contributed by atoms with Crippen molar-refractivity contribution in [3.05, 3.63) is 164 Å². The van der Waals surface area contributed by atoms with E-state index < -0.39 is 18.3 Å². The first kappa shape index (κ1) is 31.5. The Morgan fingerprint density at radius 1 is 0.333 bits per heavy atom. The maximum absolute atomic E-state index is 6.55. The molecule has 0 amide bonds. The van der Waals surface area contributed by atoms with Crippen LogP contribution in [0.1, 0.15) is 27.7 Å². The summed E-state index contributed by atoms with van der Waals surface area (Å²) in [6.07, 6.45) is 0. The van der Waals surface area contributed by atoms with Crippen LogP contribution in [0, 0.1) is 0 Å². The Labute approximate surface area is 300 Å². The van der Waals surface area contributed by atoms with Crippen LogP contribution in [0.2, 0.25) is 0 Å². The van der Waals surface area contributed by atoms with Gasteiger partial charge in [-0.05, 0) is 122 Å². The van der Waals surface area contributed by atoms with Gasteiger partial charge in [-0.3, -0.25) is 0 Å². The molecular formula is C48H39BO2. The molecule has 51 heavy (non-hydrogen) atoms. The van der Waals surface area contributed by atoms with Crippen molar-refractivity contribution in [1.82, 2.24) is 0 Å². The van der Waals surface area contributed by atoms with Crippen LogP contribution in [-0.2, 0) is 9.31 Å². The molecule has 0 bridgehead atoms. The highest BCUT2D eigenvalue weighted by Gasteiger charge is 2.51. The van der Waals surface area contributed by atoms with E-state index in [1.165, 1.54) is 76.8 Å². The summed E-state index contributed by atoms with van der Waals surface area (Å²) in [5.74, 6) is 0. The lowest BCUT2D eigenvalue weighted by Crippen LogP contribution is -2.41. The molecule has 8 aromatic rings. The maximum atomic E-state index is 6.55. The zero-order valence-corrected chi connectivity index (χ0v) is 29.5. The van der Waals surface area contributed by atoms with Crippen molar-refractivity contribution in [2.75, 3.05) is 0 Å². The van der Waals surface area contributed by atoms with Gasteiger partial charge >= 0.3 is 7.12 Å². The molecule has 0 aromatic heterocycles. The minimum atomic E-state index is -0.446. The fraction of sp³-hybridized carbons (Fsp3) is 0.125. The first-order valence-electron chi connectivity index (χ1n) is 17.9. The maximum Gasteiger partial charge on any atom is 0.494 e. The van der Waals surface area contributed by atoms with E-state index in [1.54, 1.807) is 0 Å². The van der Waals surface area contributed by atoms with Gasteiger partial charge in [-0.15, -0.1) is 0 Å². The normalized spacial score (nSPS) is 15.2. The average Bonchev–Trinajstić information content (AvgIpc) is 3.40. The van der Waals surface area contributed by atoms with Gasteiger partial charge in [0.1, 0.15) is 0 Å². The lowest BCUT2D eigenvalue weighted by molar-refractivity contribution is 0.00578. The average molecular weight is 659 g/mol. The second-order valence-electron chi connectivity index (χ2n) is 14.8. The molecule has 0 radical (unpaired) electrons. The Balaban J connectivity index is 1.26. The molecule has 0 atom stereocenters. The largest absolute Gasteiger partial charge is 0.494 e. The Morgan fingerprint density at radius 3 is 1.24 bits per heavy atom. The first-order chi connectivity index (χ1) is 24.8. The minimum Gasteiger partial charge on any atom is -0.399 e. The molecule has 0 saturated carbocycles. The fourth-order valence-electron chi connectivity index (χ4n) is 7.57. The predicted molar refractivity (Wildman–Crippen MR) is 216 cm³/mol. The van der Waals surface area contributed by atoms with Crippen molar-refractivity contribution < 1.29 is 9.31 Å². The summed E-state index contributed by atoms with van der Waals surface area (Å²) in [6.45, 7) is 8.45. The van der Waals surface area contributed by atoms with E-state index in [2.05, 4.69) is 191 Å². The topological polar surface area (TPSA) is 18.5 Å². The van der Waals surface area contributed by atoms with Gasteiger partial charge in [0.05, 0.1) is 11.2 Å². The second-order valence-corrected chi connectivity index (χ2v) is 14.8. The third-order valence-corrected chi connectivity index (χ3v) is 11.1. The monoisotopic (exact) mass is 658 g/mol. The molecule has 246 valence electrons. The van der Waals surface area contributed by atoms with Gasteiger partial charge in [0.2, 0.25) is 0 Å². The number of fused-ring (bicyclic) bond motifs is 5. The van der Waals surface area contributed by atoms with Gasteiger partial charge in [-0.25, -0.2) is 0 Å². The zero-order chi connectivity index (χ0) is 34.7. The molecule has 0 aliphatic carbocycles. The predicted octanol–water partition coefficient (Wildman–Crippen LogP) is 12.1. The third kappa shape index (κ3) is 5.45. The zero-order valence-electron chi connectivity index (χ0n) is 29.5. The van der Waals surface area contributed by atoms with Crippen molar-refractivity contribution in [2.24, 2.45) is 0 Å². The molecule has 9 rings (SSSR count). The highest BCUT2D eigenvalue weighted by molar-refractivity contribution is 6.62. The molecule has 0 spiro atoms. The van der Waals surface area contributed by atoms with Crippen LogP contribution in [-0.4, -0.2) is 18.3 Å². The molecule has 1 heterocycles. The van der Waals surface area contributed by atoms with Crippen LogP contribution in [0.15, 0.2) is 164 Å². The van der Waals surface area contributed by atoms with Crippen molar-refractivity contribution in [3.63, 3.8) is 0 Å². The Hall–Kier alpha value is -5.48. The van der Waals surface area contributed by atoms with Crippen LogP contribution in [0.3, 0.4) is 0 Å². The van der Waals surface area contributed by atoms with Crippen LogP contribution in [0.25, 0.3) is 76.8 Å². The van der Waals surface area contributed by atoms with Gasteiger partial charge in [-0.2, -0.15) is 0 Å². The molecule has 1 saturated heterocycles. The van der Waals surface area contributed by atoms with Crippen LogP contribution < -0.4 is 5.46 Å². The summed E-state index contributed by atoms with van der Waals surface area (Å²) >= 11 is 0. The third-order valence-electron chi connectivity index (χ3n) is 11.1. The minimum absolute atomic E-state index is 0.421. The number of hydrogen-bond acceptors (Lipinski definition) is 2. The molecule has 1 fully saturated rings. The molecule has 0 unspecified atom stereocenters. The van der Waals surface area contributed by atoms with Crippen molar-refractivity contribution in [1.29, 1.82) is 0 Å². The summed E-state index contributed by atoms with van der Waals surface area (Å²) in [5.41, 5.74) is 9.85. The van der Waals surface area contributed by atoms with E-state index >= 15 is 0 Å². The number of hydrogen-bond donors (Lipinski definition) is 0. The van der Waals surface area contributed by atoms with Crippen LogP contribution >= 0.6 is 0 Å². The summed E-state index contributed by atoms with van der Waals surface area (Å²) in [7, 11) is -0.446. The van der Waals surface area contributed by atoms with E-state index in [0.29, 0.717) is 0 Å². The van der Waals surface area contributed by atoms with E-state index in [4.69, 9.17) is 9.31 Å². The molecular weight excluding hydrogens is 619 g/mol. The lowest BCUT2D eigenvalue weighted by atomic mass is 9.77. The highest BCUT2D eigenvalue weighted by Crippen LogP contribution is 2.43. The van der Waals surface area contributed by atoms with Crippen molar-refractivity contribution >= 4 is 44.9 Å². The Bertz CT molecular complexity index is 2540. The van der Waals surface area contributed by atoms with Crippen molar-refractivity contribution in [2.45, 2.75) is 38.9 Å². The Kier molecular flexibility index (Phi) is 7.47. The van der Waals surface area contributed by atoms with E-state index in [-0.39, 0.29) is 0 Å². The van der Waals surface area contributed by atoms with E-state index in [0.717, 1.165) is 5.46 Å². The van der Waals surface area contributed by atoms with Crippen LogP contribution in [0.4, 0.5) is 0 Å². The number of benzene rings is 8. The molecule has 3 heteroatoms. The summed E-state index contributed by atoms with van der Waals surface area (Å²) in [5, 5.41) is 7.36. The first-order valence-corrected chi connectivity index (χ1v) is 17.9. The standard InChI is InChI=1S/C48H39BO2/c1-47(2)48(3,4)51-49(50-47)38-27-28-41-44(29-38)43(37-25-21-35(22-26-37)33-15-9-6-10-16-33)31-45-40-18-12-11-17-39(40)42(30-46(41)45)36-23-19-34(20-24-36)32-13-7-5-8-14-32/h5-31H,1-4H3. The van der Waals surface area contributed by atoms with Gasteiger partial charge in [0, 0.05) is 0 Å². The Morgan fingerprint density at radius 2 is 0.725 bits per heavy atom. The van der Waals surface area contributed by atoms with E-state index in [1.807, 2.05) is 0 Å². The SMILES string of the molecule is CC1(C)OB(c2ccc3c(c2)c(-c2ccc(-c4ccccc4)cc2)cc2c4ccccc4c(-c4ccc(-c5ccccc5)cc4)cc32)OC1(C)C. The van der Waals surface area contributed by atoms with Crippen molar-refractivity contribution in [3.8, 4) is 44.5 Å².